The Hall–Kier alpha value is -3.32. The van der Waals surface area contributed by atoms with Crippen molar-refractivity contribution in [3.05, 3.63) is 59.8 Å². The molecule has 0 atom stereocenters. The summed E-state index contributed by atoms with van der Waals surface area (Å²) in [5, 5.41) is 4.44. The van der Waals surface area contributed by atoms with Crippen LogP contribution in [0, 0.1) is 0 Å². The first kappa shape index (κ1) is 18.5. The first-order valence-electron chi connectivity index (χ1n) is 8.31. The van der Waals surface area contributed by atoms with Crippen LogP contribution in [0.15, 0.2) is 48.7 Å². The topological polar surface area (TPSA) is 88.6 Å². The van der Waals surface area contributed by atoms with Gasteiger partial charge in [-0.15, -0.1) is 0 Å². The summed E-state index contributed by atoms with van der Waals surface area (Å²) in [6, 6.07) is 12.9. The molecule has 7 heteroatoms. The van der Waals surface area contributed by atoms with Crippen LogP contribution in [-0.4, -0.2) is 37.1 Å². The van der Waals surface area contributed by atoms with Crippen molar-refractivity contribution in [2.24, 2.45) is 5.73 Å². The van der Waals surface area contributed by atoms with Gasteiger partial charge in [0.1, 0.15) is 17.1 Å². The van der Waals surface area contributed by atoms with Gasteiger partial charge < -0.3 is 19.9 Å². The number of carbonyl (C=O) groups is 1. The van der Waals surface area contributed by atoms with Crippen molar-refractivity contribution in [1.82, 2.24) is 9.78 Å². The minimum absolute atomic E-state index is 0.302. The Morgan fingerprint density at radius 1 is 1.07 bits per heavy atom. The molecule has 0 aliphatic carbocycles. The molecule has 0 spiro atoms. The normalized spacial score (nSPS) is 10.5. The van der Waals surface area contributed by atoms with Gasteiger partial charge in [0.2, 0.25) is 0 Å². The van der Waals surface area contributed by atoms with E-state index in [1.165, 1.54) is 14.2 Å². The highest BCUT2D eigenvalue weighted by molar-refractivity contribution is 5.95. The maximum Gasteiger partial charge on any atom is 0.341 e. The predicted octanol–water partition coefficient (Wildman–Crippen LogP) is 2.80. The molecule has 1 heterocycles. The molecule has 0 unspecified atom stereocenters. The third-order valence-electron chi connectivity index (χ3n) is 4.29. The minimum atomic E-state index is -0.496. The Bertz CT molecular complexity index is 966. The number of hydrogen-bond acceptors (Lipinski definition) is 6. The number of para-hydroxylation sites is 1. The number of hydrogen-bond donors (Lipinski definition) is 1. The summed E-state index contributed by atoms with van der Waals surface area (Å²) >= 11 is 0. The number of nitrogens with zero attached hydrogens (tertiary/aromatic N) is 2. The second-order valence-corrected chi connectivity index (χ2v) is 5.71. The number of aromatic nitrogens is 2. The van der Waals surface area contributed by atoms with Gasteiger partial charge >= 0.3 is 5.97 Å². The van der Waals surface area contributed by atoms with Gasteiger partial charge in [-0.1, -0.05) is 18.2 Å². The lowest BCUT2D eigenvalue weighted by Gasteiger charge is -2.16. The van der Waals surface area contributed by atoms with Crippen molar-refractivity contribution < 1.29 is 19.0 Å². The molecule has 7 nitrogen and oxygen atoms in total. The molecular formula is C20H21N3O4. The Balaban J connectivity index is 2.24. The standard InChI is InChI=1S/C20H21N3O4/c1-25-18-11-19(26-2)15(20(24)27-3)10-14(18)17-8-9-22-23(17)16-7-5-4-6-13(16)12-21/h4-11H,12,21H2,1-3H3. The summed E-state index contributed by atoms with van der Waals surface area (Å²) in [6.07, 6.45) is 1.68. The van der Waals surface area contributed by atoms with Crippen molar-refractivity contribution >= 4 is 5.97 Å². The molecule has 27 heavy (non-hydrogen) atoms. The predicted molar refractivity (Wildman–Crippen MR) is 101 cm³/mol. The highest BCUT2D eigenvalue weighted by Gasteiger charge is 2.21. The number of ether oxygens (including phenoxy) is 3. The summed E-state index contributed by atoms with van der Waals surface area (Å²) in [7, 11) is 4.38. The summed E-state index contributed by atoms with van der Waals surface area (Å²) in [5.74, 6) is 0.423. The van der Waals surface area contributed by atoms with E-state index in [0.29, 0.717) is 29.2 Å². The summed E-state index contributed by atoms with van der Waals surface area (Å²) < 4.78 is 17.5. The summed E-state index contributed by atoms with van der Waals surface area (Å²) in [4.78, 5) is 12.2. The molecule has 2 aromatic carbocycles. The Morgan fingerprint density at radius 3 is 2.48 bits per heavy atom. The molecule has 2 N–H and O–H groups in total. The van der Waals surface area contributed by atoms with Crippen LogP contribution in [0.2, 0.25) is 0 Å². The van der Waals surface area contributed by atoms with Crippen molar-refractivity contribution in [3.8, 4) is 28.4 Å². The quantitative estimate of drug-likeness (QED) is 0.674. The fourth-order valence-electron chi connectivity index (χ4n) is 2.96. The number of benzene rings is 2. The third-order valence-corrected chi connectivity index (χ3v) is 4.29. The van der Waals surface area contributed by atoms with Crippen LogP contribution in [0.5, 0.6) is 11.5 Å². The van der Waals surface area contributed by atoms with Crippen LogP contribution < -0.4 is 15.2 Å². The lowest BCUT2D eigenvalue weighted by atomic mass is 10.0. The number of rotatable bonds is 6. The van der Waals surface area contributed by atoms with Crippen molar-refractivity contribution in [2.75, 3.05) is 21.3 Å². The Morgan fingerprint density at radius 2 is 1.81 bits per heavy atom. The van der Waals surface area contributed by atoms with Gasteiger partial charge in [-0.2, -0.15) is 5.10 Å². The van der Waals surface area contributed by atoms with E-state index in [0.717, 1.165) is 16.9 Å². The van der Waals surface area contributed by atoms with Crippen LogP contribution in [0.25, 0.3) is 16.9 Å². The fraction of sp³-hybridized carbons (Fsp3) is 0.200. The van der Waals surface area contributed by atoms with Gasteiger partial charge in [-0.05, 0) is 23.8 Å². The molecule has 0 fully saturated rings. The van der Waals surface area contributed by atoms with E-state index in [9.17, 15) is 4.79 Å². The second kappa shape index (κ2) is 7.92. The molecular weight excluding hydrogens is 346 g/mol. The summed E-state index contributed by atoms with van der Waals surface area (Å²) in [5.41, 5.74) is 9.42. The summed E-state index contributed by atoms with van der Waals surface area (Å²) in [6.45, 7) is 0.378. The van der Waals surface area contributed by atoms with Crippen LogP contribution >= 0.6 is 0 Å². The number of methoxy groups -OCH3 is 3. The van der Waals surface area contributed by atoms with Crippen LogP contribution in [0.3, 0.4) is 0 Å². The molecule has 0 amide bonds. The Kier molecular flexibility index (Phi) is 5.42. The van der Waals surface area contributed by atoms with E-state index < -0.39 is 5.97 Å². The SMILES string of the molecule is COC(=O)c1cc(-c2ccnn2-c2ccccc2CN)c(OC)cc1OC. The lowest BCUT2D eigenvalue weighted by molar-refractivity contribution is 0.0597. The lowest BCUT2D eigenvalue weighted by Crippen LogP contribution is -2.08. The zero-order valence-electron chi connectivity index (χ0n) is 15.4. The zero-order valence-corrected chi connectivity index (χ0v) is 15.4. The van der Waals surface area contributed by atoms with E-state index in [-0.39, 0.29) is 0 Å². The van der Waals surface area contributed by atoms with E-state index >= 15 is 0 Å². The van der Waals surface area contributed by atoms with Crippen molar-refractivity contribution in [2.45, 2.75) is 6.54 Å². The fourth-order valence-corrected chi connectivity index (χ4v) is 2.96. The Labute approximate surface area is 157 Å². The van der Waals surface area contributed by atoms with Gasteiger partial charge in [0.15, 0.2) is 0 Å². The monoisotopic (exact) mass is 367 g/mol. The average molecular weight is 367 g/mol. The molecule has 140 valence electrons. The van der Waals surface area contributed by atoms with Crippen molar-refractivity contribution in [1.29, 1.82) is 0 Å². The van der Waals surface area contributed by atoms with Gasteiger partial charge in [-0.3, -0.25) is 0 Å². The van der Waals surface area contributed by atoms with E-state index in [4.69, 9.17) is 19.9 Å². The van der Waals surface area contributed by atoms with Gasteiger partial charge in [0.05, 0.1) is 38.9 Å². The van der Waals surface area contributed by atoms with E-state index in [1.54, 1.807) is 30.1 Å². The average Bonchev–Trinajstić information content (AvgIpc) is 3.21. The van der Waals surface area contributed by atoms with Gasteiger partial charge in [0.25, 0.3) is 0 Å². The zero-order chi connectivity index (χ0) is 19.4. The van der Waals surface area contributed by atoms with Crippen LogP contribution in [-0.2, 0) is 11.3 Å². The molecule has 0 saturated carbocycles. The van der Waals surface area contributed by atoms with Crippen LogP contribution in [0.4, 0.5) is 0 Å². The van der Waals surface area contributed by atoms with Gasteiger partial charge in [0, 0.05) is 18.2 Å². The molecule has 0 saturated heterocycles. The van der Waals surface area contributed by atoms with Crippen molar-refractivity contribution in [3.63, 3.8) is 0 Å². The highest BCUT2D eigenvalue weighted by atomic mass is 16.5. The third kappa shape index (κ3) is 3.37. The maximum atomic E-state index is 12.2. The minimum Gasteiger partial charge on any atom is -0.496 e. The first-order chi connectivity index (χ1) is 13.1. The molecule has 0 radical (unpaired) electrons. The smallest absolute Gasteiger partial charge is 0.341 e. The van der Waals surface area contributed by atoms with Gasteiger partial charge in [-0.25, -0.2) is 9.48 Å². The molecule has 0 aliphatic rings. The molecule has 3 rings (SSSR count). The number of esters is 1. The van der Waals surface area contributed by atoms with Crippen LogP contribution in [0.1, 0.15) is 15.9 Å². The second-order valence-electron chi connectivity index (χ2n) is 5.71. The van der Waals surface area contributed by atoms with E-state index in [2.05, 4.69) is 5.10 Å². The highest BCUT2D eigenvalue weighted by Crippen LogP contribution is 2.37. The van der Waals surface area contributed by atoms with E-state index in [1.807, 2.05) is 30.3 Å². The molecule has 0 bridgehead atoms. The molecule has 1 aromatic heterocycles. The number of carbonyl (C=O) groups excluding carboxylic acids is 1. The largest absolute Gasteiger partial charge is 0.496 e. The maximum absolute atomic E-state index is 12.2. The number of nitrogens with two attached hydrogens (primary N) is 1. The molecule has 0 aliphatic heterocycles. The molecule has 3 aromatic rings. The first-order valence-corrected chi connectivity index (χ1v) is 8.31.